The van der Waals surface area contributed by atoms with Crippen LogP contribution in [-0.4, -0.2) is 63.4 Å². The Hall–Kier alpha value is -3.36. The Kier molecular flexibility index (Phi) is 8.43. The lowest BCUT2D eigenvalue weighted by Gasteiger charge is -2.37. The molecule has 202 valence electrons. The fourth-order valence-electron chi connectivity index (χ4n) is 5.16. The number of ether oxygens (including phenoxy) is 1. The molecule has 0 aliphatic carbocycles. The summed E-state index contributed by atoms with van der Waals surface area (Å²) in [5.74, 6) is 0.606. The summed E-state index contributed by atoms with van der Waals surface area (Å²) in [6.07, 6.45) is 0. The molecule has 3 aromatic carbocycles. The maximum Gasteiger partial charge on any atom is 0.244 e. The van der Waals surface area contributed by atoms with E-state index in [9.17, 15) is 13.2 Å². The highest BCUT2D eigenvalue weighted by atomic mass is 32.2. The minimum absolute atomic E-state index is 0.127. The summed E-state index contributed by atoms with van der Waals surface area (Å²) < 4.78 is 34.9. The maximum atomic E-state index is 14.0. The van der Waals surface area contributed by atoms with Crippen molar-refractivity contribution in [1.29, 1.82) is 0 Å². The summed E-state index contributed by atoms with van der Waals surface area (Å²) in [7, 11) is -2.27. The second-order valence-corrected chi connectivity index (χ2v) is 11.9. The number of rotatable bonds is 8. The Morgan fingerprint density at radius 1 is 0.868 bits per heavy atom. The second kappa shape index (κ2) is 11.6. The topological polar surface area (TPSA) is 70.2 Å². The van der Waals surface area contributed by atoms with Crippen LogP contribution in [0.1, 0.15) is 27.8 Å². The lowest BCUT2D eigenvalue weighted by Crippen LogP contribution is -2.51. The highest BCUT2D eigenvalue weighted by molar-refractivity contribution is 7.89. The first-order valence-corrected chi connectivity index (χ1v) is 14.3. The van der Waals surface area contributed by atoms with Gasteiger partial charge in [-0.2, -0.15) is 4.31 Å². The summed E-state index contributed by atoms with van der Waals surface area (Å²) in [5.41, 5.74) is 5.32. The number of hydrogen-bond acceptors (Lipinski definition) is 5. The molecule has 8 heteroatoms. The first kappa shape index (κ1) is 27.7. The van der Waals surface area contributed by atoms with Crippen LogP contribution in [0.25, 0.3) is 0 Å². The van der Waals surface area contributed by atoms with Crippen LogP contribution < -0.4 is 9.64 Å². The van der Waals surface area contributed by atoms with Gasteiger partial charge in [0.25, 0.3) is 0 Å². The van der Waals surface area contributed by atoms with E-state index in [1.165, 1.54) is 4.31 Å². The number of aryl methyl sites for hydroxylation is 4. The summed E-state index contributed by atoms with van der Waals surface area (Å²) in [5, 5.41) is 0. The van der Waals surface area contributed by atoms with Crippen LogP contribution in [0.3, 0.4) is 0 Å². The molecule has 0 unspecified atom stereocenters. The lowest BCUT2D eigenvalue weighted by atomic mass is 10.1. The molecule has 1 fully saturated rings. The van der Waals surface area contributed by atoms with Crippen molar-refractivity contribution in [3.8, 4) is 5.75 Å². The molecule has 0 atom stereocenters. The number of para-hydroxylation sites is 2. The van der Waals surface area contributed by atoms with Crippen LogP contribution >= 0.6 is 0 Å². The number of piperazine rings is 1. The Morgan fingerprint density at radius 3 is 2.08 bits per heavy atom. The molecule has 0 saturated carbocycles. The monoisotopic (exact) mass is 535 g/mol. The Bertz CT molecular complexity index is 1370. The second-order valence-electron chi connectivity index (χ2n) is 10.0. The molecule has 1 saturated heterocycles. The number of anilines is 1. The van der Waals surface area contributed by atoms with E-state index in [2.05, 4.69) is 4.90 Å². The maximum absolute atomic E-state index is 14.0. The predicted octanol–water partition coefficient (Wildman–Crippen LogP) is 4.47. The molecule has 4 rings (SSSR count). The molecule has 0 spiro atoms. The van der Waals surface area contributed by atoms with Crippen LogP contribution in [-0.2, 0) is 21.4 Å². The third kappa shape index (κ3) is 6.03. The highest BCUT2D eigenvalue weighted by Gasteiger charge is 2.32. The van der Waals surface area contributed by atoms with Crippen molar-refractivity contribution in [3.63, 3.8) is 0 Å². The third-order valence-electron chi connectivity index (χ3n) is 7.05. The van der Waals surface area contributed by atoms with E-state index in [1.807, 2.05) is 88.4 Å². The van der Waals surface area contributed by atoms with E-state index >= 15 is 0 Å². The fraction of sp³-hybridized carbons (Fsp3) is 0.367. The molecule has 1 heterocycles. The number of nitrogens with zero attached hydrogens (tertiary/aromatic N) is 3. The van der Waals surface area contributed by atoms with Gasteiger partial charge in [0.15, 0.2) is 0 Å². The molecular formula is C30H37N3O4S. The molecule has 1 aliphatic heterocycles. The van der Waals surface area contributed by atoms with Crippen molar-refractivity contribution in [2.75, 3.05) is 44.7 Å². The van der Waals surface area contributed by atoms with Crippen molar-refractivity contribution in [2.45, 2.75) is 39.1 Å². The first-order valence-electron chi connectivity index (χ1n) is 12.9. The number of hydrogen-bond donors (Lipinski definition) is 0. The van der Waals surface area contributed by atoms with Crippen molar-refractivity contribution in [3.05, 3.63) is 88.5 Å². The van der Waals surface area contributed by atoms with Gasteiger partial charge in [-0.1, -0.05) is 59.7 Å². The number of carbonyl (C=O) groups is 1. The van der Waals surface area contributed by atoms with E-state index in [0.717, 1.165) is 28.1 Å². The van der Waals surface area contributed by atoms with Crippen molar-refractivity contribution < 1.29 is 17.9 Å². The smallest absolute Gasteiger partial charge is 0.244 e. The molecular weight excluding hydrogens is 498 g/mol. The Balaban J connectivity index is 1.56. The van der Waals surface area contributed by atoms with E-state index < -0.39 is 10.0 Å². The average molecular weight is 536 g/mol. The summed E-state index contributed by atoms with van der Waals surface area (Å²) >= 11 is 0. The number of carbonyl (C=O) groups excluding carboxylic acids is 1. The van der Waals surface area contributed by atoms with Crippen LogP contribution in [0, 0.1) is 27.7 Å². The van der Waals surface area contributed by atoms with Crippen molar-refractivity contribution >= 4 is 21.6 Å². The van der Waals surface area contributed by atoms with E-state index in [1.54, 1.807) is 12.0 Å². The van der Waals surface area contributed by atoms with Crippen molar-refractivity contribution in [1.82, 2.24) is 9.21 Å². The summed E-state index contributed by atoms with van der Waals surface area (Å²) in [4.78, 5) is 17.7. The van der Waals surface area contributed by atoms with Crippen LogP contribution in [0.2, 0.25) is 0 Å². The van der Waals surface area contributed by atoms with Crippen LogP contribution in [0.4, 0.5) is 5.69 Å². The SMILES string of the molecule is COc1ccccc1N1CCN(C(=O)CN(Cc2ccc(C)cc2)S(=O)(=O)c2c(C)cc(C)cc2C)CC1. The number of amides is 1. The zero-order valence-corrected chi connectivity index (χ0v) is 23.7. The van der Waals surface area contributed by atoms with Gasteiger partial charge in [-0.3, -0.25) is 4.79 Å². The van der Waals surface area contributed by atoms with Gasteiger partial charge in [0, 0.05) is 32.7 Å². The van der Waals surface area contributed by atoms with Gasteiger partial charge in [0.2, 0.25) is 15.9 Å². The Labute approximate surface area is 226 Å². The molecule has 1 amide bonds. The molecule has 38 heavy (non-hydrogen) atoms. The van der Waals surface area contributed by atoms with Crippen LogP contribution in [0.5, 0.6) is 5.75 Å². The zero-order valence-electron chi connectivity index (χ0n) is 22.9. The minimum Gasteiger partial charge on any atom is -0.495 e. The average Bonchev–Trinajstić information content (AvgIpc) is 2.88. The van der Waals surface area contributed by atoms with Gasteiger partial charge in [-0.05, 0) is 56.5 Å². The molecule has 3 aromatic rings. The predicted molar refractivity (Wildman–Crippen MR) is 151 cm³/mol. The van der Waals surface area contributed by atoms with Gasteiger partial charge < -0.3 is 14.5 Å². The van der Waals surface area contributed by atoms with Crippen molar-refractivity contribution in [2.24, 2.45) is 0 Å². The van der Waals surface area contributed by atoms with Gasteiger partial charge in [0.1, 0.15) is 5.75 Å². The third-order valence-corrected chi connectivity index (χ3v) is 9.15. The van der Waals surface area contributed by atoms with Gasteiger partial charge in [-0.15, -0.1) is 0 Å². The first-order chi connectivity index (χ1) is 18.1. The molecule has 7 nitrogen and oxygen atoms in total. The number of methoxy groups -OCH3 is 1. The lowest BCUT2D eigenvalue weighted by molar-refractivity contribution is -0.131. The number of benzene rings is 3. The van der Waals surface area contributed by atoms with Gasteiger partial charge >= 0.3 is 0 Å². The van der Waals surface area contributed by atoms with E-state index in [0.29, 0.717) is 37.3 Å². The van der Waals surface area contributed by atoms with E-state index in [4.69, 9.17) is 4.74 Å². The largest absolute Gasteiger partial charge is 0.495 e. The molecule has 0 N–H and O–H groups in total. The molecule has 0 radical (unpaired) electrons. The molecule has 0 bridgehead atoms. The normalized spacial score (nSPS) is 14.2. The summed E-state index contributed by atoms with van der Waals surface area (Å²) in [6, 6.07) is 19.4. The quantitative estimate of drug-likeness (QED) is 0.426. The Morgan fingerprint density at radius 2 is 1.47 bits per heavy atom. The highest BCUT2D eigenvalue weighted by Crippen LogP contribution is 2.29. The van der Waals surface area contributed by atoms with Gasteiger partial charge in [-0.25, -0.2) is 8.42 Å². The van der Waals surface area contributed by atoms with Crippen LogP contribution in [0.15, 0.2) is 65.6 Å². The number of sulfonamides is 1. The zero-order chi connectivity index (χ0) is 27.4. The summed E-state index contributed by atoms with van der Waals surface area (Å²) in [6.45, 7) is 9.81. The molecule has 1 aliphatic rings. The fourth-order valence-corrected chi connectivity index (χ4v) is 6.95. The van der Waals surface area contributed by atoms with Gasteiger partial charge in [0.05, 0.1) is 24.2 Å². The standard InChI is InChI=1S/C30H37N3O4S/c1-22-10-12-26(13-11-22)20-33(38(35,36)30-24(3)18-23(2)19-25(30)4)21-29(34)32-16-14-31(15-17-32)27-8-6-7-9-28(27)37-5/h6-13,18-19H,14-17,20-21H2,1-5H3. The molecule has 0 aromatic heterocycles. The van der Waals surface area contributed by atoms with E-state index in [-0.39, 0.29) is 23.9 Å². The minimum atomic E-state index is -3.93.